The zero-order valence-corrected chi connectivity index (χ0v) is 17.0. The van der Waals surface area contributed by atoms with Crippen molar-refractivity contribution in [1.29, 1.82) is 0 Å². The molecule has 27 heavy (non-hydrogen) atoms. The van der Waals surface area contributed by atoms with Gasteiger partial charge >= 0.3 is 0 Å². The fourth-order valence-electron chi connectivity index (χ4n) is 2.84. The second-order valence-corrected chi connectivity index (χ2v) is 8.20. The first kappa shape index (κ1) is 19.7. The van der Waals surface area contributed by atoms with Gasteiger partial charge in [-0.2, -0.15) is 0 Å². The summed E-state index contributed by atoms with van der Waals surface area (Å²) >= 11 is 2.91. The minimum atomic E-state index is -0.0604. The number of hydrogen-bond donors (Lipinski definition) is 1. The van der Waals surface area contributed by atoms with E-state index < -0.39 is 0 Å². The Balaban J connectivity index is 1.77. The van der Waals surface area contributed by atoms with Gasteiger partial charge in [-0.15, -0.1) is 11.3 Å². The summed E-state index contributed by atoms with van der Waals surface area (Å²) in [5, 5.41) is 7.82. The van der Waals surface area contributed by atoms with Gasteiger partial charge in [0, 0.05) is 15.5 Å². The van der Waals surface area contributed by atoms with Crippen LogP contribution in [-0.2, 0) is 11.3 Å². The lowest BCUT2D eigenvalue weighted by Crippen LogP contribution is -2.33. The van der Waals surface area contributed by atoms with Crippen LogP contribution in [0.1, 0.15) is 29.7 Å². The minimum absolute atomic E-state index is 0.00468. The number of carbonyl (C=O) groups is 1. The van der Waals surface area contributed by atoms with Crippen molar-refractivity contribution in [3.8, 4) is 5.75 Å². The van der Waals surface area contributed by atoms with Crippen LogP contribution in [0.4, 0.5) is 0 Å². The molecule has 0 spiro atoms. The topological polar surface area (TPSA) is 55.6 Å². The normalized spacial score (nSPS) is 14.1. The zero-order chi connectivity index (χ0) is 19.1. The van der Waals surface area contributed by atoms with Crippen LogP contribution in [0, 0.1) is 6.92 Å². The summed E-state index contributed by atoms with van der Waals surface area (Å²) in [5.74, 6) is 0.642. The summed E-state index contributed by atoms with van der Waals surface area (Å²) in [7, 11) is 0. The Morgan fingerprint density at radius 1 is 1.30 bits per heavy atom. The summed E-state index contributed by atoms with van der Waals surface area (Å²) in [4.78, 5) is 17.1. The molecule has 0 bridgehead atoms. The van der Waals surface area contributed by atoms with Crippen LogP contribution in [0.2, 0.25) is 0 Å². The summed E-state index contributed by atoms with van der Waals surface area (Å²) < 4.78 is 5.73. The van der Waals surface area contributed by atoms with Crippen molar-refractivity contribution >= 4 is 29.2 Å². The fourth-order valence-corrected chi connectivity index (χ4v) is 3.99. The minimum Gasteiger partial charge on any atom is -0.484 e. The zero-order valence-electron chi connectivity index (χ0n) is 15.4. The molecule has 2 N–H and O–H groups in total. The molecular formula is C21H24N2O2S2. The lowest BCUT2D eigenvalue weighted by atomic mass is 10.2. The Labute approximate surface area is 168 Å². The third-order valence-electron chi connectivity index (χ3n) is 4.33. The first-order chi connectivity index (χ1) is 13.2. The Kier molecular flexibility index (Phi) is 7.15. The largest absolute Gasteiger partial charge is 0.484 e. The first-order valence-electron chi connectivity index (χ1n) is 8.95. The SMILES string of the molecule is Cc1ccc(OCC(=O)N(Cc2cccs2)C2=CCCCC(SN)=C2)cc1. The number of amides is 1. The summed E-state index contributed by atoms with van der Waals surface area (Å²) in [6.07, 6.45) is 7.08. The van der Waals surface area contributed by atoms with Crippen LogP contribution < -0.4 is 9.88 Å². The van der Waals surface area contributed by atoms with Crippen LogP contribution >= 0.6 is 23.3 Å². The van der Waals surface area contributed by atoms with Crippen molar-refractivity contribution in [2.75, 3.05) is 6.61 Å². The lowest BCUT2D eigenvalue weighted by Gasteiger charge is -2.24. The monoisotopic (exact) mass is 400 g/mol. The summed E-state index contributed by atoms with van der Waals surface area (Å²) in [6, 6.07) is 11.8. The van der Waals surface area contributed by atoms with E-state index in [4.69, 9.17) is 9.88 Å². The Morgan fingerprint density at radius 2 is 2.11 bits per heavy atom. The van der Waals surface area contributed by atoms with E-state index in [1.807, 2.05) is 59.7 Å². The van der Waals surface area contributed by atoms with Gasteiger partial charge < -0.3 is 9.64 Å². The number of hydrogen-bond acceptors (Lipinski definition) is 5. The maximum Gasteiger partial charge on any atom is 0.265 e. The van der Waals surface area contributed by atoms with E-state index in [-0.39, 0.29) is 12.5 Å². The highest BCUT2D eigenvalue weighted by atomic mass is 32.2. The number of nitrogens with zero attached hydrogens (tertiary/aromatic N) is 1. The van der Waals surface area contributed by atoms with Crippen LogP contribution in [0.5, 0.6) is 5.75 Å². The molecule has 2 aromatic rings. The lowest BCUT2D eigenvalue weighted by molar-refractivity contribution is -0.131. The molecule has 1 aromatic carbocycles. The molecule has 1 aliphatic rings. The van der Waals surface area contributed by atoms with E-state index >= 15 is 0 Å². The van der Waals surface area contributed by atoms with Crippen LogP contribution in [0.3, 0.4) is 0 Å². The predicted octanol–water partition coefficient (Wildman–Crippen LogP) is 5.02. The number of allylic oxidation sites excluding steroid dienone is 3. The van der Waals surface area contributed by atoms with Crippen molar-refractivity contribution in [3.63, 3.8) is 0 Å². The molecule has 142 valence electrons. The summed E-state index contributed by atoms with van der Waals surface area (Å²) in [6.45, 7) is 2.57. The van der Waals surface area contributed by atoms with Crippen molar-refractivity contribution in [2.24, 2.45) is 5.14 Å². The highest BCUT2D eigenvalue weighted by Gasteiger charge is 2.20. The average molecular weight is 401 g/mol. The molecule has 0 radical (unpaired) electrons. The van der Waals surface area contributed by atoms with Gasteiger partial charge in [0.1, 0.15) is 5.75 Å². The van der Waals surface area contributed by atoms with Crippen LogP contribution in [0.15, 0.2) is 64.5 Å². The number of nitrogens with two attached hydrogens (primary N) is 1. The maximum atomic E-state index is 13.0. The van der Waals surface area contributed by atoms with Gasteiger partial charge in [0.05, 0.1) is 6.54 Å². The molecule has 0 saturated heterocycles. The van der Waals surface area contributed by atoms with E-state index in [0.717, 1.165) is 40.3 Å². The van der Waals surface area contributed by atoms with Crippen LogP contribution in [0.25, 0.3) is 0 Å². The van der Waals surface area contributed by atoms with Crippen molar-refractivity contribution in [3.05, 3.63) is 75.0 Å². The number of ether oxygens (including phenoxy) is 1. The molecule has 4 nitrogen and oxygen atoms in total. The molecule has 1 aliphatic carbocycles. The van der Waals surface area contributed by atoms with Crippen LogP contribution in [-0.4, -0.2) is 17.4 Å². The van der Waals surface area contributed by atoms with Gasteiger partial charge in [-0.05, 0) is 55.8 Å². The van der Waals surface area contributed by atoms with Crippen molar-refractivity contribution in [1.82, 2.24) is 4.90 Å². The number of thiophene rings is 1. The molecule has 3 rings (SSSR count). The summed E-state index contributed by atoms with van der Waals surface area (Å²) in [5.41, 5.74) is 2.07. The highest BCUT2D eigenvalue weighted by Crippen LogP contribution is 2.26. The average Bonchev–Trinajstić information content (AvgIpc) is 3.08. The molecule has 1 amide bonds. The number of benzene rings is 1. The van der Waals surface area contributed by atoms with E-state index in [2.05, 4.69) is 6.08 Å². The van der Waals surface area contributed by atoms with E-state index in [1.54, 1.807) is 11.3 Å². The molecule has 0 aliphatic heterocycles. The van der Waals surface area contributed by atoms with Gasteiger partial charge in [0.2, 0.25) is 0 Å². The van der Waals surface area contributed by atoms with Gasteiger partial charge in [-0.3, -0.25) is 9.93 Å². The first-order valence-corrected chi connectivity index (χ1v) is 10.7. The number of aryl methyl sites for hydroxylation is 1. The molecule has 1 heterocycles. The molecule has 0 fully saturated rings. The molecular weight excluding hydrogens is 376 g/mol. The smallest absolute Gasteiger partial charge is 0.265 e. The fraction of sp³-hybridized carbons (Fsp3) is 0.286. The second-order valence-electron chi connectivity index (χ2n) is 6.41. The number of rotatable bonds is 7. The molecule has 0 saturated carbocycles. The van der Waals surface area contributed by atoms with E-state index in [1.165, 1.54) is 11.9 Å². The second kappa shape index (κ2) is 9.78. The van der Waals surface area contributed by atoms with Gasteiger partial charge in [0.25, 0.3) is 5.91 Å². The maximum absolute atomic E-state index is 13.0. The Hall–Kier alpha value is -2.02. The highest BCUT2D eigenvalue weighted by molar-refractivity contribution is 8.00. The Bertz CT molecular complexity index is 811. The predicted molar refractivity (Wildman–Crippen MR) is 113 cm³/mol. The van der Waals surface area contributed by atoms with Gasteiger partial charge in [-0.1, -0.05) is 41.8 Å². The molecule has 6 heteroatoms. The van der Waals surface area contributed by atoms with Crippen molar-refractivity contribution < 1.29 is 9.53 Å². The standard InChI is InChI=1S/C21H24N2O2S2/c1-16-8-10-18(11-9-16)25-15-21(24)23(14-20-7-4-12-26-20)17-5-2-3-6-19(13-17)27-22/h4-5,7-13H,2-3,6,14-15,22H2,1H3. The molecule has 1 aromatic heterocycles. The molecule has 0 unspecified atom stereocenters. The van der Waals surface area contributed by atoms with E-state index in [0.29, 0.717) is 12.3 Å². The molecule has 0 atom stereocenters. The van der Waals surface area contributed by atoms with Gasteiger partial charge in [0.15, 0.2) is 6.61 Å². The van der Waals surface area contributed by atoms with Crippen molar-refractivity contribution in [2.45, 2.75) is 32.7 Å². The number of carbonyl (C=O) groups excluding carboxylic acids is 1. The quantitative estimate of drug-likeness (QED) is 0.663. The Morgan fingerprint density at radius 3 is 2.81 bits per heavy atom. The van der Waals surface area contributed by atoms with E-state index in [9.17, 15) is 4.79 Å². The third-order valence-corrected chi connectivity index (χ3v) is 5.82. The van der Waals surface area contributed by atoms with Gasteiger partial charge in [-0.25, -0.2) is 0 Å². The third kappa shape index (κ3) is 5.73.